The van der Waals surface area contributed by atoms with Crippen molar-refractivity contribution < 1.29 is 24.2 Å². The Bertz CT molecular complexity index is 994. The number of halogens is 1. The van der Waals surface area contributed by atoms with E-state index in [-0.39, 0.29) is 23.6 Å². The number of aromatic amines is 1. The molecule has 10 heteroatoms. The number of carbonyl (C=O) groups is 2. The van der Waals surface area contributed by atoms with Gasteiger partial charge in [0.1, 0.15) is 11.5 Å². The molecule has 1 aromatic carbocycles. The van der Waals surface area contributed by atoms with Crippen molar-refractivity contribution in [3.8, 4) is 0 Å². The Morgan fingerprint density at radius 2 is 2.08 bits per heavy atom. The van der Waals surface area contributed by atoms with Crippen molar-refractivity contribution in [2.45, 2.75) is 6.54 Å². The van der Waals surface area contributed by atoms with Gasteiger partial charge < -0.3 is 14.8 Å². The summed E-state index contributed by atoms with van der Waals surface area (Å²) >= 11 is 0. The Morgan fingerprint density at radius 3 is 2.73 bits per heavy atom. The minimum Gasteiger partial charge on any atom is -0.504 e. The molecule has 26 heavy (non-hydrogen) atoms. The highest BCUT2D eigenvalue weighted by Crippen LogP contribution is 2.15. The number of carboxylic acid groups (broad SMARTS) is 1. The zero-order chi connectivity index (χ0) is 18.7. The maximum Gasteiger partial charge on any atom is 0.352 e. The van der Waals surface area contributed by atoms with Gasteiger partial charge in [-0.15, -0.1) is 10.2 Å². The summed E-state index contributed by atoms with van der Waals surface area (Å²) in [6.45, 7) is 0.0627. The number of hydrogen-bond acceptors (Lipinski definition) is 6. The number of nitrogens with zero attached hydrogens (tertiary/aromatic N) is 4. The number of aromatic nitrogens is 5. The predicted molar refractivity (Wildman–Crippen MR) is 86.0 cm³/mol. The van der Waals surface area contributed by atoms with Crippen LogP contribution >= 0.6 is 0 Å². The van der Waals surface area contributed by atoms with Gasteiger partial charge in [0.2, 0.25) is 5.82 Å². The minimum atomic E-state index is -1.24. The standard InChI is InChI=1S/C16H12FN5O4/c17-11-3-1-2-9(4-11)7-22-8-10(5-12(22)16(25)26)13(23)6-14(24)15-18-20-21-19-15/h1-6,8,24H,7H2,(H,25,26)(H,18,19,20,21). The molecule has 9 nitrogen and oxygen atoms in total. The topological polar surface area (TPSA) is 134 Å². The lowest BCUT2D eigenvalue weighted by Gasteiger charge is -2.06. The van der Waals surface area contributed by atoms with E-state index in [0.29, 0.717) is 5.56 Å². The van der Waals surface area contributed by atoms with Crippen LogP contribution < -0.4 is 0 Å². The van der Waals surface area contributed by atoms with Crippen LogP contribution in [0.1, 0.15) is 32.2 Å². The summed E-state index contributed by atoms with van der Waals surface area (Å²) in [5, 5.41) is 31.5. The zero-order valence-corrected chi connectivity index (χ0v) is 13.1. The van der Waals surface area contributed by atoms with E-state index in [1.54, 1.807) is 6.07 Å². The summed E-state index contributed by atoms with van der Waals surface area (Å²) in [4.78, 5) is 23.7. The number of benzene rings is 1. The van der Waals surface area contributed by atoms with E-state index in [1.165, 1.54) is 35.0 Å². The Labute approximate surface area is 145 Å². The van der Waals surface area contributed by atoms with Gasteiger partial charge in [0, 0.05) is 24.4 Å². The molecule has 0 aliphatic carbocycles. The van der Waals surface area contributed by atoms with Crippen LogP contribution in [-0.4, -0.2) is 47.2 Å². The van der Waals surface area contributed by atoms with Crippen LogP contribution in [0, 0.1) is 5.82 Å². The fraction of sp³-hybridized carbons (Fsp3) is 0.0625. The van der Waals surface area contributed by atoms with Crippen LogP contribution in [0.5, 0.6) is 0 Å². The Kier molecular flexibility index (Phi) is 4.56. The van der Waals surface area contributed by atoms with Gasteiger partial charge in [-0.3, -0.25) is 4.79 Å². The average molecular weight is 357 g/mol. The molecule has 0 radical (unpaired) electrons. The summed E-state index contributed by atoms with van der Waals surface area (Å²) in [6, 6.07) is 6.86. The summed E-state index contributed by atoms with van der Waals surface area (Å²) in [6.07, 6.45) is 2.18. The minimum absolute atomic E-state index is 0.0360. The molecule has 0 amide bonds. The van der Waals surface area contributed by atoms with Crippen LogP contribution in [-0.2, 0) is 6.54 Å². The lowest BCUT2D eigenvalue weighted by molar-refractivity contribution is 0.0685. The van der Waals surface area contributed by atoms with Crippen LogP contribution in [0.3, 0.4) is 0 Å². The van der Waals surface area contributed by atoms with Crippen molar-refractivity contribution in [3.63, 3.8) is 0 Å². The number of aromatic carboxylic acids is 1. The monoisotopic (exact) mass is 357 g/mol. The highest BCUT2D eigenvalue weighted by Gasteiger charge is 2.17. The Hall–Kier alpha value is -3.82. The molecule has 0 spiro atoms. The second-order valence-electron chi connectivity index (χ2n) is 5.31. The fourth-order valence-corrected chi connectivity index (χ4v) is 2.33. The number of ketones is 1. The average Bonchev–Trinajstić information content (AvgIpc) is 3.24. The number of carboxylic acids is 1. The lowest BCUT2D eigenvalue weighted by Crippen LogP contribution is -2.08. The number of aliphatic hydroxyl groups excluding tert-OH is 1. The number of H-pyrrole nitrogens is 1. The molecule has 0 saturated heterocycles. The van der Waals surface area contributed by atoms with Gasteiger partial charge in [0.15, 0.2) is 11.5 Å². The van der Waals surface area contributed by atoms with Crippen molar-refractivity contribution in [2.24, 2.45) is 0 Å². The smallest absolute Gasteiger partial charge is 0.352 e. The van der Waals surface area contributed by atoms with E-state index >= 15 is 0 Å². The van der Waals surface area contributed by atoms with Gasteiger partial charge in [0.05, 0.1) is 0 Å². The third-order valence-electron chi connectivity index (χ3n) is 3.48. The summed E-state index contributed by atoms with van der Waals surface area (Å²) in [7, 11) is 0. The van der Waals surface area contributed by atoms with Gasteiger partial charge in [-0.25, -0.2) is 9.18 Å². The van der Waals surface area contributed by atoms with Crippen molar-refractivity contribution in [3.05, 3.63) is 71.1 Å². The van der Waals surface area contributed by atoms with E-state index in [0.717, 1.165) is 6.08 Å². The van der Waals surface area contributed by atoms with Gasteiger partial charge in [-0.2, -0.15) is 5.21 Å². The van der Waals surface area contributed by atoms with Gasteiger partial charge in [-0.1, -0.05) is 12.1 Å². The Balaban J connectivity index is 1.90. The van der Waals surface area contributed by atoms with E-state index in [2.05, 4.69) is 20.6 Å². The van der Waals surface area contributed by atoms with Crippen LogP contribution in [0.15, 0.2) is 42.6 Å². The number of nitrogens with one attached hydrogen (secondary N) is 1. The third kappa shape index (κ3) is 3.64. The number of aliphatic hydroxyl groups is 1. The quantitative estimate of drug-likeness (QED) is 0.347. The number of tetrazole rings is 1. The van der Waals surface area contributed by atoms with Crippen molar-refractivity contribution in [1.82, 2.24) is 25.2 Å². The van der Waals surface area contributed by atoms with Gasteiger partial charge in [0.25, 0.3) is 0 Å². The summed E-state index contributed by atoms with van der Waals surface area (Å²) in [5.74, 6) is -3.02. The van der Waals surface area contributed by atoms with E-state index in [1.807, 2.05) is 0 Å². The SMILES string of the molecule is O=C(C=C(O)c1nn[nH]n1)c1cc(C(=O)O)n(Cc2cccc(F)c2)c1. The summed E-state index contributed by atoms with van der Waals surface area (Å²) in [5.41, 5.74) is 0.422. The molecular weight excluding hydrogens is 345 g/mol. The molecule has 0 fully saturated rings. The largest absolute Gasteiger partial charge is 0.504 e. The van der Waals surface area contributed by atoms with E-state index in [9.17, 15) is 24.2 Å². The lowest BCUT2D eigenvalue weighted by atomic mass is 10.2. The number of hydrogen-bond donors (Lipinski definition) is 3. The van der Waals surface area contributed by atoms with Crippen LogP contribution in [0.2, 0.25) is 0 Å². The van der Waals surface area contributed by atoms with E-state index in [4.69, 9.17) is 0 Å². The summed E-state index contributed by atoms with van der Waals surface area (Å²) < 4.78 is 14.6. The molecule has 0 unspecified atom stereocenters. The molecular formula is C16H12FN5O4. The van der Waals surface area contributed by atoms with Crippen LogP contribution in [0.25, 0.3) is 5.76 Å². The second-order valence-corrected chi connectivity index (χ2v) is 5.31. The highest BCUT2D eigenvalue weighted by atomic mass is 19.1. The fourth-order valence-electron chi connectivity index (χ4n) is 2.33. The molecule has 3 aromatic rings. The van der Waals surface area contributed by atoms with Crippen LogP contribution in [0.4, 0.5) is 4.39 Å². The zero-order valence-electron chi connectivity index (χ0n) is 13.1. The molecule has 0 aliphatic heterocycles. The maximum atomic E-state index is 13.3. The molecule has 3 rings (SSSR count). The first-order valence-electron chi connectivity index (χ1n) is 7.31. The molecule has 2 heterocycles. The predicted octanol–water partition coefficient (Wildman–Crippen LogP) is 1.67. The van der Waals surface area contributed by atoms with Crippen molar-refractivity contribution >= 4 is 17.5 Å². The first-order valence-corrected chi connectivity index (χ1v) is 7.31. The Morgan fingerprint density at radius 1 is 1.27 bits per heavy atom. The normalized spacial score (nSPS) is 11.5. The molecule has 0 saturated carbocycles. The molecule has 0 bridgehead atoms. The second kappa shape index (κ2) is 6.97. The van der Waals surface area contributed by atoms with E-state index < -0.39 is 23.3 Å². The van der Waals surface area contributed by atoms with Gasteiger partial charge in [-0.05, 0) is 29.0 Å². The molecule has 2 aromatic heterocycles. The van der Waals surface area contributed by atoms with Crippen molar-refractivity contribution in [2.75, 3.05) is 0 Å². The first-order chi connectivity index (χ1) is 12.4. The number of rotatable bonds is 6. The van der Waals surface area contributed by atoms with Gasteiger partial charge >= 0.3 is 5.97 Å². The molecule has 132 valence electrons. The number of carbonyl (C=O) groups excluding carboxylic acids is 1. The maximum absolute atomic E-state index is 13.3. The van der Waals surface area contributed by atoms with Crippen molar-refractivity contribution in [1.29, 1.82) is 0 Å². The molecule has 0 aliphatic rings. The highest BCUT2D eigenvalue weighted by molar-refractivity contribution is 6.08. The first kappa shape index (κ1) is 17.0. The molecule has 0 atom stereocenters. The number of allylic oxidation sites excluding steroid dienone is 1. The third-order valence-corrected chi connectivity index (χ3v) is 3.48. The molecule has 3 N–H and O–H groups in total.